The maximum absolute atomic E-state index is 5.18. The van der Waals surface area contributed by atoms with Crippen LogP contribution in [0, 0.1) is 13.8 Å². The molecular weight excluding hydrogens is 318 g/mol. The van der Waals surface area contributed by atoms with Crippen molar-refractivity contribution in [3.8, 4) is 0 Å². The number of methoxy groups -OCH3 is 1. The van der Waals surface area contributed by atoms with Crippen molar-refractivity contribution in [1.29, 1.82) is 0 Å². The summed E-state index contributed by atoms with van der Waals surface area (Å²) in [5, 5.41) is 8.45. The van der Waals surface area contributed by atoms with Crippen molar-refractivity contribution in [2.75, 3.05) is 25.2 Å². The normalized spacial score (nSPS) is 17.5. The lowest BCUT2D eigenvalue weighted by Crippen LogP contribution is -2.23. The van der Waals surface area contributed by atoms with E-state index in [1.807, 2.05) is 11.8 Å². The Morgan fingerprint density at radius 3 is 3.00 bits per heavy atom. The van der Waals surface area contributed by atoms with E-state index in [1.54, 1.807) is 7.11 Å². The Bertz CT molecular complexity index is 683. The van der Waals surface area contributed by atoms with Crippen molar-refractivity contribution >= 4 is 11.8 Å². The van der Waals surface area contributed by atoms with E-state index in [1.165, 1.54) is 34.6 Å². The number of hydrogen-bond acceptors (Lipinski definition) is 4. The van der Waals surface area contributed by atoms with Gasteiger partial charge in [-0.05, 0) is 37.1 Å². The Morgan fingerprint density at radius 2 is 2.17 bits per heavy atom. The maximum Gasteiger partial charge on any atom is 0.0658 e. The molecule has 1 aliphatic heterocycles. The maximum atomic E-state index is 5.18. The third kappa shape index (κ3) is 3.85. The van der Waals surface area contributed by atoms with Gasteiger partial charge in [-0.25, -0.2) is 0 Å². The number of thioether (sulfide) groups is 1. The first-order valence-corrected chi connectivity index (χ1v) is 9.77. The Balaban J connectivity index is 1.73. The number of aryl methyl sites for hydroxylation is 2. The smallest absolute Gasteiger partial charge is 0.0658 e. The van der Waals surface area contributed by atoms with Gasteiger partial charge in [-0.3, -0.25) is 4.68 Å². The highest BCUT2D eigenvalue weighted by atomic mass is 32.2. The Hall–Kier alpha value is -1.30. The van der Waals surface area contributed by atoms with E-state index in [2.05, 4.69) is 53.2 Å². The van der Waals surface area contributed by atoms with Crippen LogP contribution in [0.1, 0.15) is 34.1 Å². The summed E-state index contributed by atoms with van der Waals surface area (Å²) < 4.78 is 7.24. The van der Waals surface area contributed by atoms with Gasteiger partial charge in [0.2, 0.25) is 0 Å². The highest BCUT2D eigenvalue weighted by Gasteiger charge is 2.19. The SMILES string of the molecule is COCCn1nc(C)c(CN[C@@H]2CSCCc3ccccc32)c1C. The molecule has 1 aromatic heterocycles. The van der Waals surface area contributed by atoms with Crippen LogP contribution in [0.4, 0.5) is 0 Å². The van der Waals surface area contributed by atoms with Crippen LogP contribution in [0.15, 0.2) is 24.3 Å². The molecular formula is C19H27N3OS. The first kappa shape index (κ1) is 17.5. The number of benzene rings is 1. The molecule has 0 bridgehead atoms. The number of ether oxygens (including phenoxy) is 1. The predicted molar refractivity (Wildman–Crippen MR) is 101 cm³/mol. The van der Waals surface area contributed by atoms with Crippen molar-refractivity contribution in [1.82, 2.24) is 15.1 Å². The van der Waals surface area contributed by atoms with E-state index in [0.29, 0.717) is 12.6 Å². The molecule has 0 radical (unpaired) electrons. The zero-order valence-corrected chi connectivity index (χ0v) is 15.7. The van der Waals surface area contributed by atoms with Crippen LogP contribution in [0.5, 0.6) is 0 Å². The van der Waals surface area contributed by atoms with Crippen LogP contribution in [0.3, 0.4) is 0 Å². The third-order valence-corrected chi connectivity index (χ3v) is 5.86. The second-order valence-corrected chi connectivity index (χ2v) is 7.47. The molecule has 0 aliphatic carbocycles. The van der Waals surface area contributed by atoms with Gasteiger partial charge in [-0.15, -0.1) is 0 Å². The van der Waals surface area contributed by atoms with Gasteiger partial charge in [0.15, 0.2) is 0 Å². The molecule has 2 heterocycles. The van der Waals surface area contributed by atoms with Gasteiger partial charge in [0, 0.05) is 36.7 Å². The minimum atomic E-state index is 0.412. The van der Waals surface area contributed by atoms with Gasteiger partial charge >= 0.3 is 0 Å². The molecule has 0 spiro atoms. The van der Waals surface area contributed by atoms with Gasteiger partial charge in [0.05, 0.1) is 18.8 Å². The van der Waals surface area contributed by atoms with Crippen LogP contribution in [-0.2, 0) is 24.2 Å². The Kier molecular flexibility index (Phi) is 5.98. The zero-order valence-electron chi connectivity index (χ0n) is 14.8. The van der Waals surface area contributed by atoms with E-state index in [0.717, 1.165) is 24.5 Å². The standard InChI is InChI=1S/C19H27N3OS/c1-14-18(15(2)22(21-14)9-10-23-3)12-20-19-13-24-11-8-16-6-4-5-7-17(16)19/h4-7,19-20H,8-13H2,1-3H3/t19-/m1/s1. The molecule has 2 aromatic rings. The summed E-state index contributed by atoms with van der Waals surface area (Å²) in [7, 11) is 1.73. The van der Waals surface area contributed by atoms with Crippen molar-refractivity contribution in [2.24, 2.45) is 0 Å². The molecule has 0 fully saturated rings. The first-order valence-electron chi connectivity index (χ1n) is 8.61. The van der Waals surface area contributed by atoms with E-state index in [-0.39, 0.29) is 0 Å². The van der Waals surface area contributed by atoms with Gasteiger partial charge in [-0.2, -0.15) is 16.9 Å². The van der Waals surface area contributed by atoms with E-state index in [4.69, 9.17) is 4.74 Å². The number of nitrogens with one attached hydrogen (secondary N) is 1. The van der Waals surface area contributed by atoms with Crippen LogP contribution in [0.25, 0.3) is 0 Å². The summed E-state index contributed by atoms with van der Waals surface area (Å²) >= 11 is 2.04. The van der Waals surface area contributed by atoms with Gasteiger partial charge in [0.1, 0.15) is 0 Å². The lowest BCUT2D eigenvalue weighted by atomic mass is 9.99. The lowest BCUT2D eigenvalue weighted by molar-refractivity contribution is 0.182. The van der Waals surface area contributed by atoms with Gasteiger partial charge < -0.3 is 10.1 Å². The largest absolute Gasteiger partial charge is 0.383 e. The summed E-state index contributed by atoms with van der Waals surface area (Å²) in [6.45, 7) is 6.63. The highest BCUT2D eigenvalue weighted by Crippen LogP contribution is 2.28. The van der Waals surface area contributed by atoms with Crippen LogP contribution in [-0.4, -0.2) is 35.0 Å². The molecule has 0 unspecified atom stereocenters. The van der Waals surface area contributed by atoms with E-state index in [9.17, 15) is 0 Å². The molecule has 130 valence electrons. The average Bonchev–Trinajstić information content (AvgIpc) is 2.76. The molecule has 0 saturated heterocycles. The molecule has 1 N–H and O–H groups in total. The predicted octanol–water partition coefficient (Wildman–Crippen LogP) is 3.27. The monoisotopic (exact) mass is 345 g/mol. The second kappa shape index (κ2) is 8.19. The number of fused-ring (bicyclic) bond motifs is 1. The third-order valence-electron chi connectivity index (χ3n) is 4.79. The van der Waals surface area contributed by atoms with Crippen molar-refractivity contribution < 1.29 is 4.74 Å². The molecule has 0 amide bonds. The Labute approximate surface area is 149 Å². The minimum Gasteiger partial charge on any atom is -0.383 e. The van der Waals surface area contributed by atoms with Crippen molar-refractivity contribution in [3.63, 3.8) is 0 Å². The van der Waals surface area contributed by atoms with Crippen LogP contribution in [0.2, 0.25) is 0 Å². The Morgan fingerprint density at radius 1 is 1.33 bits per heavy atom. The summed E-state index contributed by atoms with van der Waals surface area (Å²) in [6, 6.07) is 9.27. The number of aromatic nitrogens is 2. The summed E-state index contributed by atoms with van der Waals surface area (Å²) in [4.78, 5) is 0. The van der Waals surface area contributed by atoms with Crippen LogP contribution >= 0.6 is 11.8 Å². The van der Waals surface area contributed by atoms with Crippen LogP contribution < -0.4 is 5.32 Å². The molecule has 1 aliphatic rings. The molecule has 4 nitrogen and oxygen atoms in total. The van der Waals surface area contributed by atoms with Gasteiger partial charge in [-0.1, -0.05) is 24.3 Å². The van der Waals surface area contributed by atoms with E-state index < -0.39 is 0 Å². The number of hydrogen-bond donors (Lipinski definition) is 1. The first-order chi connectivity index (χ1) is 11.7. The molecule has 1 atom stereocenters. The minimum absolute atomic E-state index is 0.412. The van der Waals surface area contributed by atoms with Gasteiger partial charge in [0.25, 0.3) is 0 Å². The number of nitrogens with zero attached hydrogens (tertiary/aromatic N) is 2. The van der Waals surface area contributed by atoms with E-state index >= 15 is 0 Å². The molecule has 0 saturated carbocycles. The highest BCUT2D eigenvalue weighted by molar-refractivity contribution is 7.99. The molecule has 1 aromatic carbocycles. The fourth-order valence-corrected chi connectivity index (χ4v) is 4.42. The fraction of sp³-hybridized carbons (Fsp3) is 0.526. The van der Waals surface area contributed by atoms with Crippen molar-refractivity contribution in [3.05, 3.63) is 52.3 Å². The molecule has 3 rings (SSSR count). The quantitative estimate of drug-likeness (QED) is 0.872. The second-order valence-electron chi connectivity index (χ2n) is 6.32. The summed E-state index contributed by atoms with van der Waals surface area (Å²) in [5.74, 6) is 2.34. The molecule has 24 heavy (non-hydrogen) atoms. The summed E-state index contributed by atoms with van der Waals surface area (Å²) in [6.07, 6.45) is 1.17. The van der Waals surface area contributed by atoms with Crippen molar-refractivity contribution in [2.45, 2.75) is 39.4 Å². The average molecular weight is 346 g/mol. The summed E-state index contributed by atoms with van der Waals surface area (Å²) in [5.41, 5.74) is 6.63. The fourth-order valence-electron chi connectivity index (χ4n) is 3.35. The number of rotatable bonds is 6. The topological polar surface area (TPSA) is 39.1 Å². The lowest BCUT2D eigenvalue weighted by Gasteiger charge is -2.19. The molecule has 5 heteroatoms. The zero-order chi connectivity index (χ0) is 16.9.